The highest BCUT2D eigenvalue weighted by molar-refractivity contribution is 7.99. The number of fused-ring (bicyclic) bond motifs is 1. The maximum absolute atomic E-state index is 12.3. The maximum atomic E-state index is 12.3. The van der Waals surface area contributed by atoms with E-state index in [0.717, 1.165) is 21.8 Å². The molecule has 1 aromatic heterocycles. The number of halogens is 2. The standard InChI is InChI=1S/C24H20Cl2N4OS/c1-16-6-8-17(9-7-16)14-30-22-5-3-2-4-21(22)28-24(30)32-15-23(31)29-27-13-18-10-11-19(25)20(26)12-18/h2-13H,14-15H2,1H3,(H,29,31)/b27-13-. The molecule has 32 heavy (non-hydrogen) atoms. The molecular weight excluding hydrogens is 463 g/mol. The van der Waals surface area contributed by atoms with Gasteiger partial charge >= 0.3 is 0 Å². The van der Waals surface area contributed by atoms with Crippen LogP contribution in [-0.2, 0) is 11.3 Å². The SMILES string of the molecule is Cc1ccc(Cn2c(SCC(=O)N/N=C\c3ccc(Cl)c(Cl)c3)nc3ccccc32)cc1. The summed E-state index contributed by atoms with van der Waals surface area (Å²) in [6.07, 6.45) is 1.53. The van der Waals surface area contributed by atoms with Crippen molar-refractivity contribution in [3.05, 3.63) is 93.5 Å². The lowest BCUT2D eigenvalue weighted by atomic mass is 10.1. The predicted octanol–water partition coefficient (Wildman–Crippen LogP) is 5.94. The second-order valence-corrected chi connectivity index (χ2v) is 8.97. The summed E-state index contributed by atoms with van der Waals surface area (Å²) in [5, 5.41) is 5.69. The van der Waals surface area contributed by atoms with Gasteiger partial charge in [0.2, 0.25) is 0 Å². The minimum absolute atomic E-state index is 0.190. The van der Waals surface area contributed by atoms with Crippen molar-refractivity contribution in [2.75, 3.05) is 5.75 Å². The Bertz CT molecular complexity index is 1290. The Balaban J connectivity index is 1.44. The number of para-hydroxylation sites is 2. The van der Waals surface area contributed by atoms with Gasteiger partial charge in [0.05, 0.1) is 39.6 Å². The lowest BCUT2D eigenvalue weighted by Gasteiger charge is -2.09. The van der Waals surface area contributed by atoms with E-state index in [2.05, 4.69) is 46.3 Å². The zero-order valence-electron chi connectivity index (χ0n) is 17.3. The molecule has 8 heteroatoms. The molecule has 0 saturated carbocycles. The van der Waals surface area contributed by atoms with Gasteiger partial charge in [0.25, 0.3) is 5.91 Å². The van der Waals surface area contributed by atoms with Crippen molar-refractivity contribution in [2.45, 2.75) is 18.6 Å². The Morgan fingerprint density at radius 1 is 1.09 bits per heavy atom. The number of thioether (sulfide) groups is 1. The Morgan fingerprint density at radius 3 is 2.66 bits per heavy atom. The zero-order valence-corrected chi connectivity index (χ0v) is 19.6. The fourth-order valence-corrected chi connectivity index (χ4v) is 4.24. The van der Waals surface area contributed by atoms with Crippen molar-refractivity contribution in [1.82, 2.24) is 15.0 Å². The lowest BCUT2D eigenvalue weighted by molar-refractivity contribution is -0.118. The van der Waals surface area contributed by atoms with Gasteiger partial charge < -0.3 is 4.57 Å². The van der Waals surface area contributed by atoms with Gasteiger partial charge in [-0.05, 0) is 42.3 Å². The quantitative estimate of drug-likeness (QED) is 0.201. The fourth-order valence-electron chi connectivity index (χ4n) is 3.13. The molecule has 0 aliphatic rings. The van der Waals surface area contributed by atoms with E-state index in [0.29, 0.717) is 16.6 Å². The molecule has 0 unspecified atom stereocenters. The number of nitrogens with one attached hydrogen (secondary N) is 1. The Morgan fingerprint density at radius 2 is 1.88 bits per heavy atom. The number of carbonyl (C=O) groups excluding carboxylic acids is 1. The van der Waals surface area contributed by atoms with E-state index in [1.807, 2.05) is 24.3 Å². The second kappa shape index (κ2) is 10.2. The third kappa shape index (κ3) is 5.51. The van der Waals surface area contributed by atoms with Crippen molar-refractivity contribution in [2.24, 2.45) is 5.10 Å². The normalized spacial score (nSPS) is 11.3. The van der Waals surface area contributed by atoms with Crippen molar-refractivity contribution in [3.8, 4) is 0 Å². The van der Waals surface area contributed by atoms with Gasteiger partial charge in [0, 0.05) is 0 Å². The van der Waals surface area contributed by atoms with E-state index < -0.39 is 0 Å². The van der Waals surface area contributed by atoms with Crippen LogP contribution in [0.25, 0.3) is 11.0 Å². The first-order chi connectivity index (χ1) is 15.5. The number of hydrogen-bond donors (Lipinski definition) is 1. The predicted molar refractivity (Wildman–Crippen MR) is 133 cm³/mol. The highest BCUT2D eigenvalue weighted by Crippen LogP contribution is 2.25. The van der Waals surface area contributed by atoms with E-state index in [9.17, 15) is 4.79 Å². The van der Waals surface area contributed by atoms with Gasteiger partial charge in [-0.15, -0.1) is 0 Å². The van der Waals surface area contributed by atoms with Crippen LogP contribution in [0, 0.1) is 6.92 Å². The first kappa shape index (κ1) is 22.4. The molecule has 0 bridgehead atoms. The van der Waals surface area contributed by atoms with Gasteiger partial charge in [-0.25, -0.2) is 10.4 Å². The second-order valence-electron chi connectivity index (χ2n) is 7.21. The smallest absolute Gasteiger partial charge is 0.250 e. The molecule has 0 aliphatic heterocycles. The van der Waals surface area contributed by atoms with Crippen LogP contribution in [0.1, 0.15) is 16.7 Å². The number of hydrogen-bond acceptors (Lipinski definition) is 4. The highest BCUT2D eigenvalue weighted by atomic mass is 35.5. The third-order valence-electron chi connectivity index (χ3n) is 4.76. The monoisotopic (exact) mass is 482 g/mol. The summed E-state index contributed by atoms with van der Waals surface area (Å²) in [5.41, 5.74) is 7.62. The van der Waals surface area contributed by atoms with Gasteiger partial charge in [0.15, 0.2) is 5.16 Å². The molecule has 162 valence electrons. The topological polar surface area (TPSA) is 59.3 Å². The molecule has 0 spiro atoms. The number of aromatic nitrogens is 2. The summed E-state index contributed by atoms with van der Waals surface area (Å²) >= 11 is 13.3. The average molecular weight is 483 g/mol. The first-order valence-corrected chi connectivity index (χ1v) is 11.6. The van der Waals surface area contributed by atoms with Gasteiger partial charge in [-0.2, -0.15) is 5.10 Å². The molecule has 0 atom stereocenters. The minimum atomic E-state index is -0.222. The van der Waals surface area contributed by atoms with Crippen LogP contribution in [0.2, 0.25) is 10.0 Å². The largest absolute Gasteiger partial charge is 0.314 e. The van der Waals surface area contributed by atoms with Gasteiger partial charge in [-0.3, -0.25) is 4.79 Å². The summed E-state index contributed by atoms with van der Waals surface area (Å²) in [5.74, 6) is -0.0316. The Hall–Kier alpha value is -2.80. The molecule has 4 aromatic rings. The summed E-state index contributed by atoms with van der Waals surface area (Å²) in [7, 11) is 0. The van der Waals surface area contributed by atoms with Crippen LogP contribution < -0.4 is 5.43 Å². The Kier molecular flexibility index (Phi) is 7.15. The lowest BCUT2D eigenvalue weighted by Crippen LogP contribution is -2.20. The third-order valence-corrected chi connectivity index (χ3v) is 6.48. The number of aryl methyl sites for hydroxylation is 1. The first-order valence-electron chi connectivity index (χ1n) is 9.90. The van der Waals surface area contributed by atoms with E-state index in [1.165, 1.54) is 29.1 Å². The van der Waals surface area contributed by atoms with E-state index in [4.69, 9.17) is 28.2 Å². The molecule has 4 rings (SSSR count). The van der Waals surface area contributed by atoms with Crippen LogP contribution in [0.5, 0.6) is 0 Å². The number of hydrazone groups is 1. The number of rotatable bonds is 7. The number of carbonyl (C=O) groups is 1. The van der Waals surface area contributed by atoms with Crippen LogP contribution in [0.3, 0.4) is 0 Å². The number of nitrogens with zero attached hydrogens (tertiary/aromatic N) is 3. The molecule has 0 aliphatic carbocycles. The van der Waals surface area contributed by atoms with Crippen LogP contribution in [0.15, 0.2) is 77.0 Å². The van der Waals surface area contributed by atoms with Crippen LogP contribution in [0.4, 0.5) is 0 Å². The molecule has 1 heterocycles. The molecule has 1 N–H and O–H groups in total. The molecule has 0 radical (unpaired) electrons. The van der Waals surface area contributed by atoms with Crippen molar-refractivity contribution < 1.29 is 4.79 Å². The minimum Gasteiger partial charge on any atom is -0.314 e. The summed E-state index contributed by atoms with van der Waals surface area (Å²) in [6, 6.07) is 21.5. The molecule has 5 nitrogen and oxygen atoms in total. The van der Waals surface area contributed by atoms with Crippen molar-refractivity contribution in [1.29, 1.82) is 0 Å². The van der Waals surface area contributed by atoms with E-state index in [1.54, 1.807) is 18.2 Å². The summed E-state index contributed by atoms with van der Waals surface area (Å²) in [4.78, 5) is 17.0. The fraction of sp³-hybridized carbons (Fsp3) is 0.125. The van der Waals surface area contributed by atoms with Crippen LogP contribution in [-0.4, -0.2) is 27.4 Å². The maximum Gasteiger partial charge on any atom is 0.250 e. The van der Waals surface area contributed by atoms with Gasteiger partial charge in [0.1, 0.15) is 0 Å². The zero-order chi connectivity index (χ0) is 22.5. The molecule has 0 saturated heterocycles. The molecular formula is C24H20Cl2N4OS. The number of imidazole rings is 1. The molecule has 3 aromatic carbocycles. The number of benzene rings is 3. The van der Waals surface area contributed by atoms with Crippen molar-refractivity contribution in [3.63, 3.8) is 0 Å². The average Bonchev–Trinajstić information content (AvgIpc) is 3.14. The Labute approximate surface area is 200 Å². The van der Waals surface area contributed by atoms with Crippen LogP contribution >= 0.6 is 35.0 Å². The van der Waals surface area contributed by atoms with E-state index >= 15 is 0 Å². The van der Waals surface area contributed by atoms with Crippen molar-refractivity contribution >= 4 is 58.1 Å². The van der Waals surface area contributed by atoms with Gasteiger partial charge in [-0.1, -0.05) is 83.0 Å². The molecule has 0 fully saturated rings. The molecule has 1 amide bonds. The highest BCUT2D eigenvalue weighted by Gasteiger charge is 2.13. The van der Waals surface area contributed by atoms with E-state index in [-0.39, 0.29) is 11.7 Å². The summed E-state index contributed by atoms with van der Waals surface area (Å²) in [6.45, 7) is 2.75. The number of amides is 1. The summed E-state index contributed by atoms with van der Waals surface area (Å²) < 4.78 is 2.14.